The van der Waals surface area contributed by atoms with Gasteiger partial charge in [-0.25, -0.2) is 24.4 Å². The Kier molecular flexibility index (Phi) is 22.3. The Bertz CT molecular complexity index is 5360. The normalized spacial score (nSPS) is 21.5. The van der Waals surface area contributed by atoms with E-state index in [0.717, 1.165) is 142 Å². The van der Waals surface area contributed by atoms with Crippen LogP contribution in [-0.4, -0.2) is 175 Å². The standard InChI is InChI=1S/C50H55N7O8.C41H47N5O5/c1-27(2)44(54-49(60)63-5)47(58)57-24-29(25-62-4)17-41(57)39-20-36-35-21-43-37(19-31(35)13-15-38(36)52-39)34-14-12-32(18-33(34)26-65-43)40-22-51-46(53-40)42-16-28(3)23-56(42)48(59)45(55-50(61)64-6)30-10-8-7-9-11-30;1-22(2)38(45-41(48)50-5)40(47)46-19-24(20-49-4)13-36(46)34-16-31-30-17-37-32(15-25(30)9-11-33(31)43-34)29-10-8-26(14-28(29)21-51-37)35-18-42-39(44-35)27-7-6-23(3)12-27/h7-15,18-19,21-22,27-29,41-42,44-45H,16-17,20,23-26H2,1-6H3,(H,51,53)(H,54,60)(H,55,61);8-11,14-15,17-18,22-24,27,36,38H,6-7,12-13,16,19-21H2,1-5H3,(H,42,44)(H,45,48)/t28-,29-,41-,42-,44-,45+;23-,24+,27+,36+,38+/m01/s1. The average molecular weight is 1570 g/mol. The highest BCUT2D eigenvalue weighted by Crippen LogP contribution is 2.49. The van der Waals surface area contributed by atoms with Crippen LogP contribution in [0.2, 0.25) is 0 Å². The summed E-state index contributed by atoms with van der Waals surface area (Å²) in [5, 5.41) is 12.6. The predicted molar refractivity (Wildman–Crippen MR) is 442 cm³/mol. The average Bonchev–Trinajstić information content (AvgIpc) is 1.74. The van der Waals surface area contributed by atoms with Gasteiger partial charge in [-0.15, -0.1) is 0 Å². The summed E-state index contributed by atoms with van der Waals surface area (Å²) >= 11 is 0. The lowest BCUT2D eigenvalue weighted by Gasteiger charge is -2.31. The van der Waals surface area contributed by atoms with Crippen LogP contribution >= 0.6 is 0 Å². The van der Waals surface area contributed by atoms with Crippen molar-refractivity contribution in [2.45, 2.75) is 148 Å². The number of hydrogen-bond acceptors (Lipinski definition) is 17. The van der Waals surface area contributed by atoms with Crippen molar-refractivity contribution in [1.29, 1.82) is 0 Å². The molecule has 25 nitrogen and oxygen atoms in total. The number of ether oxygens (including phenoxy) is 7. The summed E-state index contributed by atoms with van der Waals surface area (Å²) in [5.41, 5.74) is 17.2. The molecule has 7 aliphatic heterocycles. The van der Waals surface area contributed by atoms with Crippen molar-refractivity contribution in [2.75, 3.05) is 68.4 Å². The van der Waals surface area contributed by atoms with E-state index in [1.165, 1.54) is 46.2 Å². The van der Waals surface area contributed by atoms with Crippen LogP contribution in [0, 0.1) is 35.5 Å². The molecule has 604 valence electrons. The van der Waals surface area contributed by atoms with Gasteiger partial charge < -0.3 is 73.8 Å². The summed E-state index contributed by atoms with van der Waals surface area (Å²) in [6.45, 7) is 15.7. The number of H-pyrrole nitrogens is 2. The first kappa shape index (κ1) is 78.4. The van der Waals surface area contributed by atoms with Crippen molar-refractivity contribution in [1.82, 2.24) is 50.6 Å². The Morgan fingerprint density at radius 3 is 1.46 bits per heavy atom. The number of benzene rings is 7. The molecule has 7 aromatic carbocycles. The quantitative estimate of drug-likeness (QED) is 0.0470. The molecular weight excluding hydrogens is 1470 g/mol. The number of hydrogen-bond donors (Lipinski definition) is 5. The SMILES string of the molecule is COC[C@H]1C[C@@H](C2=Nc3ccc4cc5c(cc4c3C2)OCc2cc(-c3cnc([C@@H]4C[C@H](C)CN4C(=O)[C@H](NC(=O)OC)c4ccccc4)[nH]3)ccc2-5)N(C(=O)[C@@H](NC(=O)OC)C(C)C)C1.COC[C@H]1C[C@@H](C2=Nc3ccc4cc5c(cc4c3C2)OCc2cc(-c3cnc([C@H]4CC[C@@H](C)C4)[nH]3)ccc2-5)N(C(=O)[C@@H](NC(=O)OC)C(C)C)C1. The second-order valence-corrected chi connectivity index (χ2v) is 33.3. The number of imidazole rings is 2. The van der Waals surface area contributed by atoms with Crippen molar-refractivity contribution in [3.8, 4) is 56.3 Å². The fourth-order valence-corrected chi connectivity index (χ4v) is 18.8. The molecule has 116 heavy (non-hydrogen) atoms. The number of carbonyl (C=O) groups is 6. The predicted octanol–water partition coefficient (Wildman–Crippen LogP) is 15.2. The number of carbonyl (C=O) groups excluding carboxylic acids is 6. The summed E-state index contributed by atoms with van der Waals surface area (Å²) < 4.78 is 38.5. The molecule has 5 N–H and O–H groups in total. The van der Waals surface area contributed by atoms with E-state index in [0.29, 0.717) is 82.6 Å². The van der Waals surface area contributed by atoms with Gasteiger partial charge in [0, 0.05) is 87.0 Å². The lowest BCUT2D eigenvalue weighted by atomic mass is 9.90. The lowest BCUT2D eigenvalue weighted by molar-refractivity contribution is -0.135. The Balaban J connectivity index is 0.000000179. The molecule has 1 saturated carbocycles. The molecule has 0 unspecified atom stereocenters. The van der Waals surface area contributed by atoms with E-state index in [4.69, 9.17) is 53.1 Å². The summed E-state index contributed by atoms with van der Waals surface area (Å²) in [5.74, 6) is 4.52. The molecule has 9 aromatic rings. The van der Waals surface area contributed by atoms with Crippen LogP contribution < -0.4 is 25.4 Å². The minimum absolute atomic E-state index is 0.114. The zero-order chi connectivity index (χ0) is 80.9. The molecule has 0 spiro atoms. The zero-order valence-electron chi connectivity index (χ0n) is 67.7. The smallest absolute Gasteiger partial charge is 0.407 e. The summed E-state index contributed by atoms with van der Waals surface area (Å²) in [4.78, 5) is 112. The maximum atomic E-state index is 14.2. The number of aromatic nitrogens is 4. The van der Waals surface area contributed by atoms with Crippen molar-refractivity contribution >= 4 is 80.3 Å². The van der Waals surface area contributed by atoms with Gasteiger partial charge in [-0.3, -0.25) is 24.4 Å². The van der Waals surface area contributed by atoms with Gasteiger partial charge in [0.1, 0.15) is 54.5 Å². The van der Waals surface area contributed by atoms with Crippen LogP contribution in [0.1, 0.15) is 138 Å². The highest BCUT2D eigenvalue weighted by Gasteiger charge is 2.46. The van der Waals surface area contributed by atoms with Gasteiger partial charge in [0.15, 0.2) is 0 Å². The van der Waals surface area contributed by atoms with Crippen LogP contribution in [-0.2, 0) is 64.1 Å². The van der Waals surface area contributed by atoms with Crippen LogP contribution in [0.15, 0.2) is 138 Å². The first-order valence-electron chi connectivity index (χ1n) is 40.6. The number of aliphatic imine (C=N–C) groups is 2. The maximum absolute atomic E-state index is 14.2. The molecule has 0 radical (unpaired) electrons. The number of likely N-dealkylation sites (tertiary alicyclic amines) is 3. The molecule has 6 amide bonds. The molecule has 25 heteroatoms. The van der Waals surface area contributed by atoms with Crippen LogP contribution in [0.3, 0.4) is 0 Å². The molecule has 0 bridgehead atoms. The third-order valence-corrected chi connectivity index (χ3v) is 24.7. The van der Waals surface area contributed by atoms with Crippen molar-refractivity contribution in [3.05, 3.63) is 167 Å². The van der Waals surface area contributed by atoms with E-state index in [-0.39, 0.29) is 65.4 Å². The second kappa shape index (κ2) is 33.0. The second-order valence-electron chi connectivity index (χ2n) is 33.3. The van der Waals surface area contributed by atoms with Crippen LogP contribution in [0.25, 0.3) is 66.3 Å². The third kappa shape index (κ3) is 15.5. The van der Waals surface area contributed by atoms with E-state index in [2.05, 4.69) is 125 Å². The van der Waals surface area contributed by atoms with Gasteiger partial charge >= 0.3 is 18.3 Å². The highest BCUT2D eigenvalue weighted by atomic mass is 16.5. The Morgan fingerprint density at radius 2 is 0.983 bits per heavy atom. The van der Waals surface area contributed by atoms with Gasteiger partial charge in [-0.05, 0) is 182 Å². The lowest BCUT2D eigenvalue weighted by Crippen LogP contribution is -2.53. The summed E-state index contributed by atoms with van der Waals surface area (Å²) in [6, 6.07) is 36.2. The monoisotopic (exact) mass is 1570 g/mol. The van der Waals surface area contributed by atoms with Crippen molar-refractivity contribution in [2.24, 2.45) is 45.5 Å². The van der Waals surface area contributed by atoms with Gasteiger partial charge in [0.2, 0.25) is 11.8 Å². The molecule has 17 rings (SSSR count). The largest absolute Gasteiger partial charge is 0.488 e. The highest BCUT2D eigenvalue weighted by molar-refractivity contribution is 6.09. The van der Waals surface area contributed by atoms with E-state index in [1.54, 1.807) is 14.2 Å². The molecule has 1 aliphatic carbocycles. The molecule has 4 fully saturated rings. The number of nitrogens with one attached hydrogen (secondary N) is 5. The van der Waals surface area contributed by atoms with Gasteiger partial charge in [-0.1, -0.05) is 108 Å². The number of rotatable bonds is 19. The fraction of sp³-hybridized carbons (Fsp3) is 0.429. The first-order valence-corrected chi connectivity index (χ1v) is 40.6. The number of aromatic amines is 2. The maximum Gasteiger partial charge on any atom is 0.407 e. The Hall–Kier alpha value is -11.4. The van der Waals surface area contributed by atoms with Crippen LogP contribution in [0.5, 0.6) is 11.5 Å². The molecule has 11 atom stereocenters. The molecule has 2 aromatic heterocycles. The van der Waals surface area contributed by atoms with Gasteiger partial charge in [-0.2, -0.15) is 0 Å². The van der Waals surface area contributed by atoms with Crippen molar-refractivity contribution < 1.29 is 61.9 Å². The molecular formula is C91H102N12O13. The van der Waals surface area contributed by atoms with E-state index in [9.17, 15) is 28.8 Å². The zero-order valence-corrected chi connectivity index (χ0v) is 67.7. The first-order chi connectivity index (χ1) is 56.1. The van der Waals surface area contributed by atoms with E-state index < -0.39 is 36.4 Å². The number of nitrogens with zero attached hydrogens (tertiary/aromatic N) is 7. The van der Waals surface area contributed by atoms with Gasteiger partial charge in [0.25, 0.3) is 5.91 Å². The summed E-state index contributed by atoms with van der Waals surface area (Å²) in [7, 11) is 7.25. The van der Waals surface area contributed by atoms with E-state index in [1.807, 2.05) is 85.1 Å². The van der Waals surface area contributed by atoms with E-state index >= 15 is 0 Å². The molecule has 3 saturated heterocycles. The minimum atomic E-state index is -0.908. The summed E-state index contributed by atoms with van der Waals surface area (Å²) in [6.07, 6.45) is 8.96. The number of methoxy groups -OCH3 is 5. The molecule has 9 heterocycles. The molecule has 8 aliphatic rings. The topological polar surface area (TPSA) is 295 Å². The number of amides is 6. The Morgan fingerprint density at radius 1 is 0.500 bits per heavy atom. The minimum Gasteiger partial charge on any atom is -0.488 e. The Labute approximate surface area is 675 Å². The third-order valence-electron chi connectivity index (χ3n) is 24.7. The van der Waals surface area contributed by atoms with Gasteiger partial charge in [0.05, 0.1) is 87.8 Å². The fourth-order valence-electron chi connectivity index (χ4n) is 18.8. The van der Waals surface area contributed by atoms with Crippen LogP contribution in [0.4, 0.5) is 25.8 Å². The van der Waals surface area contributed by atoms with Crippen molar-refractivity contribution in [3.63, 3.8) is 0 Å². The number of alkyl carbamates (subject to hydrolysis) is 3. The number of fused-ring (bicyclic) bond motifs is 12.